The van der Waals surface area contributed by atoms with E-state index < -0.39 is 10.1 Å². The third kappa shape index (κ3) is 25.5. The molecule has 0 rings (SSSR count). The molecule has 0 aliphatic heterocycles. The fraction of sp³-hybridized carbons (Fsp3) is 0.600. The van der Waals surface area contributed by atoms with E-state index in [1.54, 1.807) is 0 Å². The van der Waals surface area contributed by atoms with E-state index in [4.69, 9.17) is 4.55 Å². The van der Waals surface area contributed by atoms with Crippen molar-refractivity contribution in [1.82, 2.24) is 5.32 Å². The Hall–Kier alpha value is -0.390. The van der Waals surface area contributed by atoms with E-state index in [1.807, 2.05) is 14.1 Å². The highest BCUT2D eigenvalue weighted by atomic mass is 32.2. The molecule has 0 aromatic carbocycles. The van der Waals surface area contributed by atoms with Gasteiger partial charge in [-0.15, -0.1) is 6.58 Å². The second-order valence-corrected chi connectivity index (χ2v) is 3.03. The monoisotopic (exact) mass is 167 g/mol. The second kappa shape index (κ2) is 6.73. The van der Waals surface area contributed by atoms with Gasteiger partial charge >= 0.3 is 0 Å². The van der Waals surface area contributed by atoms with Crippen LogP contribution in [0.15, 0.2) is 12.7 Å². The van der Waals surface area contributed by atoms with E-state index in [-0.39, 0.29) is 5.75 Å². The van der Waals surface area contributed by atoms with Gasteiger partial charge in [-0.05, 0) is 14.1 Å². The van der Waals surface area contributed by atoms with Crippen molar-refractivity contribution in [1.29, 1.82) is 0 Å². The van der Waals surface area contributed by atoms with E-state index in [0.29, 0.717) is 0 Å². The molecule has 0 heterocycles. The number of hydrogen-bond donors (Lipinski definition) is 2. The number of hydrogen-bond acceptors (Lipinski definition) is 3. The maximum Gasteiger partial charge on any atom is 0.268 e. The predicted molar refractivity (Wildman–Crippen MR) is 41.6 cm³/mol. The van der Waals surface area contributed by atoms with E-state index in [9.17, 15) is 8.42 Å². The van der Waals surface area contributed by atoms with Crippen molar-refractivity contribution >= 4 is 10.1 Å². The molecule has 0 aliphatic rings. The molecule has 0 radical (unpaired) electrons. The van der Waals surface area contributed by atoms with E-state index in [1.165, 1.54) is 0 Å². The van der Waals surface area contributed by atoms with Gasteiger partial charge in [-0.25, -0.2) is 0 Å². The van der Waals surface area contributed by atoms with Gasteiger partial charge in [0.1, 0.15) is 0 Å². The zero-order valence-electron chi connectivity index (χ0n) is 6.16. The fourth-order valence-electron chi connectivity index (χ4n) is 0.149. The highest BCUT2D eigenvalue weighted by molar-refractivity contribution is 7.85. The number of nitrogens with one attached hydrogen (secondary N) is 1. The van der Waals surface area contributed by atoms with Crippen molar-refractivity contribution in [3.63, 3.8) is 0 Å². The summed E-state index contributed by atoms with van der Waals surface area (Å²) in [5, 5.41) is 2.75. The molecule has 10 heavy (non-hydrogen) atoms. The average Bonchev–Trinajstić information content (AvgIpc) is 1.63. The molecule has 0 fully saturated rings. The van der Waals surface area contributed by atoms with Crippen molar-refractivity contribution in [3.8, 4) is 0 Å². The van der Waals surface area contributed by atoms with E-state index in [2.05, 4.69) is 11.9 Å². The Labute approximate surface area is 61.7 Å². The van der Waals surface area contributed by atoms with E-state index >= 15 is 0 Å². The molecule has 0 bridgehead atoms. The third-order valence-electron chi connectivity index (χ3n) is 0.328. The third-order valence-corrected chi connectivity index (χ3v) is 0.985. The van der Waals surface area contributed by atoms with Gasteiger partial charge in [0.15, 0.2) is 0 Å². The van der Waals surface area contributed by atoms with Crippen LogP contribution in [0.5, 0.6) is 0 Å². The molecule has 0 aliphatic carbocycles. The lowest BCUT2D eigenvalue weighted by Gasteiger charge is -1.82. The Balaban J connectivity index is 0. The van der Waals surface area contributed by atoms with E-state index in [0.717, 1.165) is 6.08 Å². The van der Waals surface area contributed by atoms with Crippen LogP contribution >= 0.6 is 0 Å². The van der Waals surface area contributed by atoms with Gasteiger partial charge in [0.2, 0.25) is 0 Å². The molecule has 0 saturated heterocycles. The summed E-state index contributed by atoms with van der Waals surface area (Å²) in [7, 11) is -0.0422. The Kier molecular flexibility index (Phi) is 8.27. The van der Waals surface area contributed by atoms with Crippen molar-refractivity contribution < 1.29 is 13.0 Å². The van der Waals surface area contributed by atoms with Crippen LogP contribution < -0.4 is 5.32 Å². The SMILES string of the molecule is C=CCS(=O)(=O)O.CNC. The van der Waals surface area contributed by atoms with Crippen LogP contribution in [-0.2, 0) is 10.1 Å². The second-order valence-electron chi connectivity index (χ2n) is 1.54. The minimum Gasteiger partial charge on any atom is -0.323 e. The maximum atomic E-state index is 9.72. The molecule has 2 N–H and O–H groups in total. The fourth-order valence-corrected chi connectivity index (χ4v) is 0.447. The Morgan fingerprint density at radius 3 is 1.90 bits per heavy atom. The highest BCUT2D eigenvalue weighted by Crippen LogP contribution is 1.78. The van der Waals surface area contributed by atoms with Crippen LogP contribution in [0.3, 0.4) is 0 Å². The standard InChI is InChI=1S/C3H6O3S.C2H7N/c1-2-3-7(4,5)6;1-3-2/h2H,1,3H2,(H,4,5,6);3H,1-2H3. The first-order chi connectivity index (χ1) is 4.47. The zero-order valence-corrected chi connectivity index (χ0v) is 6.98. The van der Waals surface area contributed by atoms with Crippen molar-refractivity contribution in [2.24, 2.45) is 0 Å². The largest absolute Gasteiger partial charge is 0.323 e. The summed E-state index contributed by atoms with van der Waals surface area (Å²) in [5.41, 5.74) is 0. The maximum absolute atomic E-state index is 9.72. The van der Waals surface area contributed by atoms with Crippen LogP contribution in [0.2, 0.25) is 0 Å². The van der Waals surface area contributed by atoms with Gasteiger partial charge in [0.05, 0.1) is 5.75 Å². The van der Waals surface area contributed by atoms with Crippen molar-refractivity contribution in [2.45, 2.75) is 0 Å². The summed E-state index contributed by atoms with van der Waals surface area (Å²) in [5.74, 6) is -0.368. The Bertz CT molecular complexity index is 162. The molecule has 0 aromatic heterocycles. The number of rotatable bonds is 2. The Morgan fingerprint density at radius 2 is 1.90 bits per heavy atom. The minimum absolute atomic E-state index is 0.368. The summed E-state index contributed by atoms with van der Waals surface area (Å²) in [6.45, 7) is 3.11. The van der Waals surface area contributed by atoms with Gasteiger partial charge in [0, 0.05) is 0 Å². The highest BCUT2D eigenvalue weighted by Gasteiger charge is 1.95. The van der Waals surface area contributed by atoms with Gasteiger partial charge in [-0.2, -0.15) is 8.42 Å². The van der Waals surface area contributed by atoms with Crippen LogP contribution in [-0.4, -0.2) is 32.8 Å². The van der Waals surface area contributed by atoms with Crippen molar-refractivity contribution in [2.75, 3.05) is 19.8 Å². The average molecular weight is 167 g/mol. The first-order valence-electron chi connectivity index (χ1n) is 2.62. The lowest BCUT2D eigenvalue weighted by molar-refractivity contribution is 0.487. The molecule has 5 heteroatoms. The van der Waals surface area contributed by atoms with Crippen LogP contribution in [0.4, 0.5) is 0 Å². The zero-order chi connectivity index (χ0) is 8.62. The molecule has 0 aromatic rings. The minimum atomic E-state index is -3.79. The van der Waals surface area contributed by atoms with Crippen LogP contribution in [0.25, 0.3) is 0 Å². The van der Waals surface area contributed by atoms with Gasteiger partial charge < -0.3 is 5.32 Å². The molecule has 0 spiro atoms. The lowest BCUT2D eigenvalue weighted by Crippen LogP contribution is -1.99. The summed E-state index contributed by atoms with van der Waals surface area (Å²) in [6, 6.07) is 0. The Morgan fingerprint density at radius 1 is 1.60 bits per heavy atom. The lowest BCUT2D eigenvalue weighted by atomic mass is 10.8. The molecular weight excluding hydrogens is 154 g/mol. The molecule has 0 unspecified atom stereocenters. The molecule has 62 valence electrons. The molecule has 0 amide bonds. The molecular formula is C5H13NO3S. The first-order valence-corrected chi connectivity index (χ1v) is 4.23. The van der Waals surface area contributed by atoms with Gasteiger partial charge in [-0.1, -0.05) is 6.08 Å². The summed E-state index contributed by atoms with van der Waals surface area (Å²) in [6.07, 6.45) is 1.12. The predicted octanol–water partition coefficient (Wildman–Crippen LogP) is -0.104. The summed E-state index contributed by atoms with van der Waals surface area (Å²) >= 11 is 0. The van der Waals surface area contributed by atoms with Crippen LogP contribution in [0.1, 0.15) is 0 Å². The topological polar surface area (TPSA) is 66.4 Å². The van der Waals surface area contributed by atoms with Gasteiger partial charge in [0.25, 0.3) is 10.1 Å². The quantitative estimate of drug-likeness (QED) is 0.445. The molecule has 0 atom stereocenters. The summed E-state index contributed by atoms with van der Waals surface area (Å²) in [4.78, 5) is 0. The first kappa shape index (κ1) is 12.3. The molecule has 4 nitrogen and oxygen atoms in total. The van der Waals surface area contributed by atoms with Gasteiger partial charge in [-0.3, -0.25) is 4.55 Å². The molecule has 0 saturated carbocycles. The normalized spacial score (nSPS) is 9.50. The van der Waals surface area contributed by atoms with Crippen molar-refractivity contribution in [3.05, 3.63) is 12.7 Å². The summed E-state index contributed by atoms with van der Waals surface area (Å²) < 4.78 is 27.3. The van der Waals surface area contributed by atoms with Crippen LogP contribution in [0, 0.1) is 0 Å². The smallest absolute Gasteiger partial charge is 0.268 e.